The van der Waals surface area contributed by atoms with Crippen LogP contribution in [0.3, 0.4) is 0 Å². The molecule has 1 aliphatic rings. The molecule has 2 N–H and O–H groups in total. The van der Waals surface area contributed by atoms with Crippen LogP contribution in [0, 0.1) is 0 Å². The zero-order valence-electron chi connectivity index (χ0n) is 13.2. The fraction of sp³-hybridized carbons (Fsp3) is 0.412. The summed E-state index contributed by atoms with van der Waals surface area (Å²) in [5.74, 6) is 0.00432. The molecule has 0 spiro atoms. The van der Waals surface area contributed by atoms with Gasteiger partial charge in [0.15, 0.2) is 0 Å². The van der Waals surface area contributed by atoms with Crippen molar-refractivity contribution in [3.63, 3.8) is 0 Å². The number of benzene rings is 1. The molecular formula is C17H23N3O2. The Bertz CT molecular complexity index is 583. The summed E-state index contributed by atoms with van der Waals surface area (Å²) in [5.41, 5.74) is 2.86. The molecule has 1 aromatic rings. The summed E-state index contributed by atoms with van der Waals surface area (Å²) in [6.45, 7) is 9.30. The van der Waals surface area contributed by atoms with Gasteiger partial charge in [-0.05, 0) is 25.5 Å². The van der Waals surface area contributed by atoms with Crippen molar-refractivity contribution in [2.24, 2.45) is 0 Å². The number of nitrogens with one attached hydrogen (secondary N) is 2. The van der Waals surface area contributed by atoms with Crippen LogP contribution in [-0.4, -0.2) is 36.5 Å². The Morgan fingerprint density at radius 1 is 1.45 bits per heavy atom. The molecule has 0 fully saturated rings. The maximum absolute atomic E-state index is 12.2. The lowest BCUT2D eigenvalue weighted by atomic mass is 9.90. The van der Waals surface area contributed by atoms with E-state index in [1.807, 2.05) is 38.1 Å². The Balaban J connectivity index is 2.01. The quantitative estimate of drug-likeness (QED) is 0.821. The lowest BCUT2D eigenvalue weighted by molar-refractivity contribution is -0.116. The van der Waals surface area contributed by atoms with E-state index in [0.29, 0.717) is 26.1 Å². The van der Waals surface area contributed by atoms with Crippen LogP contribution in [0.2, 0.25) is 0 Å². The molecule has 0 aliphatic carbocycles. The predicted molar refractivity (Wildman–Crippen MR) is 87.9 cm³/mol. The van der Waals surface area contributed by atoms with Gasteiger partial charge in [0.05, 0.1) is 0 Å². The van der Waals surface area contributed by atoms with Crippen molar-refractivity contribution in [3.8, 4) is 0 Å². The van der Waals surface area contributed by atoms with Gasteiger partial charge in [0.25, 0.3) is 0 Å². The number of carbonyl (C=O) groups is 2. The van der Waals surface area contributed by atoms with Gasteiger partial charge < -0.3 is 15.5 Å². The lowest BCUT2D eigenvalue weighted by Crippen LogP contribution is -2.43. The van der Waals surface area contributed by atoms with Crippen LogP contribution in [-0.2, 0) is 4.79 Å². The number of nitrogens with zero attached hydrogens (tertiary/aromatic N) is 1. The van der Waals surface area contributed by atoms with Crippen molar-refractivity contribution in [2.45, 2.75) is 26.2 Å². The minimum Gasteiger partial charge on any atom is -0.337 e. The molecule has 5 heteroatoms. The van der Waals surface area contributed by atoms with Gasteiger partial charge in [-0.1, -0.05) is 30.4 Å². The molecule has 0 saturated heterocycles. The number of hydrogen-bond donors (Lipinski definition) is 2. The summed E-state index contributed by atoms with van der Waals surface area (Å²) in [6, 6.07) is 7.61. The lowest BCUT2D eigenvalue weighted by Gasteiger charge is -2.27. The Morgan fingerprint density at radius 2 is 2.18 bits per heavy atom. The largest absolute Gasteiger partial charge is 0.337 e. The summed E-state index contributed by atoms with van der Waals surface area (Å²) < 4.78 is 0. The number of rotatable bonds is 5. The van der Waals surface area contributed by atoms with Crippen LogP contribution >= 0.6 is 0 Å². The number of carbonyl (C=O) groups excluding carboxylic acids is 2. The highest BCUT2D eigenvalue weighted by Gasteiger charge is 2.25. The van der Waals surface area contributed by atoms with Crippen LogP contribution in [0.25, 0.3) is 0 Å². The van der Waals surface area contributed by atoms with E-state index in [9.17, 15) is 9.59 Å². The van der Waals surface area contributed by atoms with Crippen molar-refractivity contribution in [2.75, 3.05) is 25.0 Å². The van der Waals surface area contributed by atoms with Crippen LogP contribution < -0.4 is 10.6 Å². The zero-order valence-corrected chi connectivity index (χ0v) is 13.2. The van der Waals surface area contributed by atoms with Crippen molar-refractivity contribution in [3.05, 3.63) is 42.0 Å². The van der Waals surface area contributed by atoms with E-state index in [1.54, 1.807) is 4.90 Å². The third-order valence-corrected chi connectivity index (χ3v) is 3.74. The molecule has 0 unspecified atom stereocenters. The first kappa shape index (κ1) is 16.1. The number of para-hydroxylation sites is 1. The minimum absolute atomic E-state index is 0.00719. The third kappa shape index (κ3) is 3.87. The fourth-order valence-electron chi connectivity index (χ4n) is 2.66. The molecule has 2 rings (SSSR count). The minimum atomic E-state index is -0.117. The Kier molecular flexibility index (Phi) is 5.20. The van der Waals surface area contributed by atoms with Crippen molar-refractivity contribution < 1.29 is 9.59 Å². The van der Waals surface area contributed by atoms with E-state index in [2.05, 4.69) is 17.2 Å². The molecule has 0 aromatic heterocycles. The summed E-state index contributed by atoms with van der Waals surface area (Å²) >= 11 is 0. The highest BCUT2D eigenvalue weighted by atomic mass is 16.2. The standard InChI is InChI=1S/C17H23N3O2/c1-4-20(11-12(2)3)17(22)18-10-13-9-16(21)19-15-8-6-5-7-14(13)15/h5-8,13H,2,4,9-11H2,1,3H3,(H,18,22)(H,19,21)/t13-/m1/s1. The maximum Gasteiger partial charge on any atom is 0.317 e. The van der Waals surface area contributed by atoms with Crippen molar-refractivity contribution in [1.82, 2.24) is 10.2 Å². The van der Waals surface area contributed by atoms with E-state index < -0.39 is 0 Å². The number of amides is 3. The molecule has 0 radical (unpaired) electrons. The van der Waals surface area contributed by atoms with Gasteiger partial charge in [0.2, 0.25) is 5.91 Å². The van der Waals surface area contributed by atoms with Gasteiger partial charge in [0, 0.05) is 37.7 Å². The second kappa shape index (κ2) is 7.11. The normalized spacial score (nSPS) is 16.5. The second-order valence-corrected chi connectivity index (χ2v) is 5.69. The van der Waals surface area contributed by atoms with E-state index in [1.165, 1.54) is 0 Å². The van der Waals surface area contributed by atoms with Gasteiger partial charge in [-0.25, -0.2) is 4.79 Å². The molecule has 0 saturated carbocycles. The zero-order chi connectivity index (χ0) is 16.1. The molecule has 1 heterocycles. The van der Waals surface area contributed by atoms with E-state index in [-0.39, 0.29) is 17.9 Å². The van der Waals surface area contributed by atoms with Crippen LogP contribution in [0.4, 0.5) is 10.5 Å². The molecule has 1 aromatic carbocycles. The molecule has 0 bridgehead atoms. The third-order valence-electron chi connectivity index (χ3n) is 3.74. The molecular weight excluding hydrogens is 278 g/mol. The molecule has 3 amide bonds. The number of hydrogen-bond acceptors (Lipinski definition) is 2. The van der Waals surface area contributed by atoms with Gasteiger partial charge in [0.1, 0.15) is 0 Å². The summed E-state index contributed by atoms with van der Waals surface area (Å²) in [5, 5.41) is 5.80. The maximum atomic E-state index is 12.2. The molecule has 118 valence electrons. The number of anilines is 1. The van der Waals surface area contributed by atoms with E-state index in [4.69, 9.17) is 0 Å². The first-order valence-corrected chi connectivity index (χ1v) is 7.57. The second-order valence-electron chi connectivity index (χ2n) is 5.69. The van der Waals surface area contributed by atoms with Gasteiger partial charge in [-0.15, -0.1) is 0 Å². The SMILES string of the molecule is C=C(C)CN(CC)C(=O)NC[C@H]1CC(=O)Nc2ccccc21. The van der Waals surface area contributed by atoms with E-state index >= 15 is 0 Å². The van der Waals surface area contributed by atoms with Gasteiger partial charge in [-0.2, -0.15) is 0 Å². The fourth-order valence-corrected chi connectivity index (χ4v) is 2.66. The molecule has 1 aliphatic heterocycles. The summed E-state index contributed by atoms with van der Waals surface area (Å²) in [6.07, 6.45) is 0.393. The molecule has 1 atom stereocenters. The monoisotopic (exact) mass is 301 g/mol. The van der Waals surface area contributed by atoms with Crippen molar-refractivity contribution in [1.29, 1.82) is 0 Å². The van der Waals surface area contributed by atoms with Crippen LogP contribution in [0.5, 0.6) is 0 Å². The Labute approximate surface area is 131 Å². The van der Waals surface area contributed by atoms with E-state index in [0.717, 1.165) is 16.8 Å². The summed E-state index contributed by atoms with van der Waals surface area (Å²) in [4.78, 5) is 25.7. The van der Waals surface area contributed by atoms with Crippen molar-refractivity contribution >= 4 is 17.6 Å². The molecule has 22 heavy (non-hydrogen) atoms. The predicted octanol–water partition coefficient (Wildman–Crippen LogP) is 2.72. The molecule has 5 nitrogen and oxygen atoms in total. The van der Waals surface area contributed by atoms with Crippen LogP contribution in [0.15, 0.2) is 36.4 Å². The Morgan fingerprint density at radius 3 is 2.86 bits per heavy atom. The number of urea groups is 1. The van der Waals surface area contributed by atoms with Gasteiger partial charge in [-0.3, -0.25) is 4.79 Å². The average Bonchev–Trinajstić information content (AvgIpc) is 2.49. The van der Waals surface area contributed by atoms with Crippen LogP contribution in [0.1, 0.15) is 31.7 Å². The Hall–Kier alpha value is -2.30. The van der Waals surface area contributed by atoms with Gasteiger partial charge >= 0.3 is 6.03 Å². The number of likely N-dealkylation sites (N-methyl/N-ethyl adjacent to an activating group) is 1. The smallest absolute Gasteiger partial charge is 0.317 e. The summed E-state index contributed by atoms with van der Waals surface area (Å²) in [7, 11) is 0. The first-order chi connectivity index (χ1) is 10.5. The highest BCUT2D eigenvalue weighted by Crippen LogP contribution is 2.31. The topological polar surface area (TPSA) is 61.4 Å². The average molecular weight is 301 g/mol. The first-order valence-electron chi connectivity index (χ1n) is 7.57. The number of fused-ring (bicyclic) bond motifs is 1. The highest BCUT2D eigenvalue weighted by molar-refractivity contribution is 5.94.